The Kier molecular flexibility index (Phi) is 2.12. The van der Waals surface area contributed by atoms with Gasteiger partial charge in [-0.3, -0.25) is 0 Å². The summed E-state index contributed by atoms with van der Waals surface area (Å²) in [4.78, 5) is 0. The molecule has 90 valence electrons. The van der Waals surface area contributed by atoms with Crippen LogP contribution in [0.3, 0.4) is 0 Å². The van der Waals surface area contributed by atoms with Crippen molar-refractivity contribution >= 4 is 44.7 Å². The third-order valence-corrected chi connectivity index (χ3v) is 4.01. The quantitative estimate of drug-likeness (QED) is 0.402. The van der Waals surface area contributed by atoms with E-state index in [1.54, 1.807) is 0 Å². The van der Waals surface area contributed by atoms with Crippen LogP contribution in [-0.2, 0) is 0 Å². The van der Waals surface area contributed by atoms with Crippen molar-refractivity contribution in [3.63, 3.8) is 0 Å². The van der Waals surface area contributed by atoms with E-state index in [-0.39, 0.29) is 0 Å². The molecule has 0 heterocycles. The van der Waals surface area contributed by atoms with Crippen molar-refractivity contribution in [1.29, 1.82) is 0 Å². The lowest BCUT2D eigenvalue weighted by Crippen LogP contribution is -2.26. The smallest absolute Gasteiger partial charge is 0.321 e. The maximum absolute atomic E-state index is 9.95. The molecule has 0 aliphatic carbocycles. The minimum absolute atomic E-state index is 0.440. The normalized spacial score (nSPS) is 11.7. The van der Waals surface area contributed by atoms with Crippen LogP contribution in [0, 0.1) is 0 Å². The number of benzene rings is 4. The molecular formula is C17H13BO. The van der Waals surface area contributed by atoms with Gasteiger partial charge in [-0.1, -0.05) is 61.4 Å². The first-order valence-electron chi connectivity index (χ1n) is 6.60. The molecule has 4 aromatic carbocycles. The minimum atomic E-state index is -0.440. The van der Waals surface area contributed by atoms with E-state index in [2.05, 4.69) is 48.5 Å². The van der Waals surface area contributed by atoms with E-state index < -0.39 is 6.92 Å². The summed E-state index contributed by atoms with van der Waals surface area (Å²) in [6.07, 6.45) is 0. The third kappa shape index (κ3) is 1.41. The van der Waals surface area contributed by atoms with Crippen molar-refractivity contribution in [1.82, 2.24) is 0 Å². The zero-order valence-electron chi connectivity index (χ0n) is 10.7. The maximum Gasteiger partial charge on any atom is 0.321 e. The van der Waals surface area contributed by atoms with Gasteiger partial charge in [0.15, 0.2) is 0 Å². The molecule has 0 bridgehead atoms. The predicted molar refractivity (Wildman–Crippen MR) is 83.6 cm³/mol. The molecule has 4 aromatic rings. The molecule has 0 spiro atoms. The summed E-state index contributed by atoms with van der Waals surface area (Å²) in [5.41, 5.74) is 1.01. The largest absolute Gasteiger partial charge is 0.446 e. The highest BCUT2D eigenvalue weighted by Gasteiger charge is 2.14. The molecule has 4 rings (SSSR count). The molecule has 0 saturated heterocycles. The van der Waals surface area contributed by atoms with Gasteiger partial charge in [0.1, 0.15) is 0 Å². The van der Waals surface area contributed by atoms with Crippen molar-refractivity contribution in [3.05, 3.63) is 54.6 Å². The second-order valence-electron chi connectivity index (χ2n) is 5.19. The highest BCUT2D eigenvalue weighted by molar-refractivity contribution is 6.68. The molecule has 0 aromatic heterocycles. The van der Waals surface area contributed by atoms with Crippen LogP contribution < -0.4 is 5.46 Å². The van der Waals surface area contributed by atoms with Gasteiger partial charge in [-0.15, -0.1) is 0 Å². The Morgan fingerprint density at radius 2 is 1.32 bits per heavy atom. The monoisotopic (exact) mass is 244 g/mol. The van der Waals surface area contributed by atoms with Gasteiger partial charge in [-0.2, -0.15) is 0 Å². The lowest BCUT2D eigenvalue weighted by Gasteiger charge is -2.14. The maximum atomic E-state index is 9.95. The summed E-state index contributed by atoms with van der Waals surface area (Å²) >= 11 is 0. The zero-order valence-corrected chi connectivity index (χ0v) is 10.7. The van der Waals surface area contributed by atoms with E-state index in [1.807, 2.05) is 12.9 Å². The summed E-state index contributed by atoms with van der Waals surface area (Å²) in [5.74, 6) is 0. The van der Waals surface area contributed by atoms with Gasteiger partial charge >= 0.3 is 6.92 Å². The molecule has 1 N–H and O–H groups in total. The van der Waals surface area contributed by atoms with Crippen LogP contribution in [0.15, 0.2) is 54.6 Å². The van der Waals surface area contributed by atoms with Crippen LogP contribution in [-0.4, -0.2) is 11.9 Å². The first-order chi connectivity index (χ1) is 9.25. The summed E-state index contributed by atoms with van der Waals surface area (Å²) < 4.78 is 0. The molecule has 0 unspecified atom stereocenters. The van der Waals surface area contributed by atoms with Gasteiger partial charge in [0.2, 0.25) is 0 Å². The molecule has 0 saturated carbocycles. The molecule has 0 atom stereocenters. The molecular weight excluding hydrogens is 231 g/mol. The van der Waals surface area contributed by atoms with Crippen LogP contribution in [0.25, 0.3) is 32.3 Å². The van der Waals surface area contributed by atoms with E-state index in [0.717, 1.165) is 10.8 Å². The fourth-order valence-electron chi connectivity index (χ4n) is 3.12. The highest BCUT2D eigenvalue weighted by atomic mass is 16.2. The Labute approximate surface area is 111 Å². The molecule has 0 fully saturated rings. The summed E-state index contributed by atoms with van der Waals surface area (Å²) in [7, 11) is 0. The Morgan fingerprint density at radius 3 is 2.00 bits per heavy atom. The van der Waals surface area contributed by atoms with Crippen LogP contribution in [0.4, 0.5) is 0 Å². The fourth-order valence-corrected chi connectivity index (χ4v) is 3.12. The first-order valence-corrected chi connectivity index (χ1v) is 6.60. The third-order valence-electron chi connectivity index (χ3n) is 4.01. The van der Waals surface area contributed by atoms with Crippen molar-refractivity contribution in [2.45, 2.75) is 6.82 Å². The van der Waals surface area contributed by atoms with E-state index in [0.29, 0.717) is 0 Å². The van der Waals surface area contributed by atoms with Crippen LogP contribution in [0.5, 0.6) is 0 Å². The highest BCUT2D eigenvalue weighted by Crippen LogP contribution is 2.33. The van der Waals surface area contributed by atoms with E-state index in [4.69, 9.17) is 0 Å². The number of rotatable bonds is 1. The Balaban J connectivity index is 2.35. The van der Waals surface area contributed by atoms with E-state index >= 15 is 0 Å². The fraction of sp³-hybridized carbons (Fsp3) is 0.0588. The molecule has 0 radical (unpaired) electrons. The second-order valence-corrected chi connectivity index (χ2v) is 5.19. The molecule has 2 heteroatoms. The minimum Gasteiger partial charge on any atom is -0.446 e. The average molecular weight is 244 g/mol. The van der Waals surface area contributed by atoms with Gasteiger partial charge in [0.05, 0.1) is 0 Å². The van der Waals surface area contributed by atoms with Gasteiger partial charge in [0, 0.05) is 0 Å². The first kappa shape index (κ1) is 10.8. The molecule has 0 aliphatic rings. The Morgan fingerprint density at radius 1 is 0.737 bits per heavy atom. The zero-order chi connectivity index (χ0) is 13.0. The predicted octanol–water partition coefficient (Wildman–Crippen LogP) is 3.40. The lowest BCUT2D eigenvalue weighted by molar-refractivity contribution is 0.594. The Hall–Kier alpha value is -2.06. The van der Waals surface area contributed by atoms with E-state index in [1.165, 1.54) is 26.9 Å². The van der Waals surface area contributed by atoms with Gasteiger partial charge in [-0.05, 0) is 37.8 Å². The Bertz CT molecular complexity index is 880. The SMILES string of the molecule is CB(O)c1ccc2ccc3cccc4ccc1c2c34. The van der Waals surface area contributed by atoms with Crippen molar-refractivity contribution < 1.29 is 5.02 Å². The van der Waals surface area contributed by atoms with Gasteiger partial charge in [-0.25, -0.2) is 0 Å². The molecule has 0 amide bonds. The van der Waals surface area contributed by atoms with Crippen molar-refractivity contribution in [3.8, 4) is 0 Å². The topological polar surface area (TPSA) is 20.2 Å². The standard InChI is InChI=1S/C17H13BO/c1-18(19)15-10-8-13-6-5-11-3-2-4-12-7-9-14(15)17(13)16(11)12/h2-10,19H,1H3. The number of hydrogen-bond acceptors (Lipinski definition) is 1. The van der Waals surface area contributed by atoms with Crippen LogP contribution in [0.1, 0.15) is 0 Å². The average Bonchev–Trinajstić information content (AvgIpc) is 2.44. The van der Waals surface area contributed by atoms with Crippen molar-refractivity contribution in [2.24, 2.45) is 0 Å². The van der Waals surface area contributed by atoms with Crippen molar-refractivity contribution in [2.75, 3.05) is 0 Å². The molecule has 1 nitrogen and oxygen atoms in total. The lowest BCUT2D eigenvalue weighted by atomic mass is 9.62. The number of hydrogen-bond donors (Lipinski definition) is 1. The summed E-state index contributed by atoms with van der Waals surface area (Å²) in [6.45, 7) is 1.39. The van der Waals surface area contributed by atoms with Gasteiger partial charge < -0.3 is 5.02 Å². The summed E-state index contributed by atoms with van der Waals surface area (Å²) in [6, 6.07) is 19.1. The molecule has 0 aliphatic heterocycles. The second kappa shape index (κ2) is 3.72. The van der Waals surface area contributed by atoms with Gasteiger partial charge in [0.25, 0.3) is 0 Å². The molecule has 19 heavy (non-hydrogen) atoms. The van der Waals surface area contributed by atoms with Crippen LogP contribution in [0.2, 0.25) is 6.82 Å². The summed E-state index contributed by atoms with van der Waals surface area (Å²) in [5, 5.41) is 17.5. The van der Waals surface area contributed by atoms with Crippen LogP contribution >= 0.6 is 0 Å². The van der Waals surface area contributed by atoms with E-state index in [9.17, 15) is 5.02 Å².